The molecule has 0 spiro atoms. The number of ether oxygens (including phenoxy) is 1. The maximum absolute atomic E-state index is 13.6. The number of hydrogen-bond donors (Lipinski definition) is 1. The van der Waals surface area contributed by atoms with Crippen molar-refractivity contribution in [2.75, 3.05) is 12.3 Å². The Labute approximate surface area is 121 Å². The number of rotatable bonds is 5. The zero-order valence-electron chi connectivity index (χ0n) is 11.3. The summed E-state index contributed by atoms with van der Waals surface area (Å²) < 4.78 is 32.0. The molecule has 5 heteroatoms. The highest BCUT2D eigenvalue weighted by molar-refractivity contribution is 5.91. The first-order valence-electron chi connectivity index (χ1n) is 6.54. The van der Waals surface area contributed by atoms with Crippen molar-refractivity contribution in [3.63, 3.8) is 0 Å². The number of aryl methyl sites for hydroxylation is 1. The van der Waals surface area contributed by atoms with Crippen LogP contribution in [0.15, 0.2) is 42.5 Å². The predicted molar refractivity (Wildman–Crippen MR) is 75.8 cm³/mol. The number of nitrogens with two attached hydrogens (primary N) is 1. The Balaban J connectivity index is 1.89. The lowest BCUT2D eigenvalue weighted by Gasteiger charge is -2.08. The minimum Gasteiger partial charge on any atom is -0.462 e. The second kappa shape index (κ2) is 6.83. The highest BCUT2D eigenvalue weighted by atomic mass is 19.1. The molecule has 0 unspecified atom stereocenters. The third-order valence-electron chi connectivity index (χ3n) is 3.01. The molecule has 2 aromatic carbocycles. The Morgan fingerprint density at radius 2 is 1.81 bits per heavy atom. The van der Waals surface area contributed by atoms with Crippen LogP contribution in [0.25, 0.3) is 0 Å². The summed E-state index contributed by atoms with van der Waals surface area (Å²) in [5.41, 5.74) is 5.39. The van der Waals surface area contributed by atoms with Gasteiger partial charge in [-0.25, -0.2) is 13.6 Å². The molecule has 0 aliphatic heterocycles. The van der Waals surface area contributed by atoms with Gasteiger partial charge in [0, 0.05) is 0 Å². The summed E-state index contributed by atoms with van der Waals surface area (Å²) in [5, 5.41) is 0. The summed E-state index contributed by atoms with van der Waals surface area (Å²) in [6.07, 6.45) is 1.29. The maximum Gasteiger partial charge on any atom is 0.344 e. The largest absolute Gasteiger partial charge is 0.462 e. The van der Waals surface area contributed by atoms with Crippen molar-refractivity contribution in [2.45, 2.75) is 12.8 Å². The standard InChI is InChI=1S/C16H15F2NO2/c17-12-8-9-13(19)15(18)14(12)16(20)21-10-4-7-11-5-2-1-3-6-11/h1-3,5-6,8-9H,4,7,10,19H2. The van der Waals surface area contributed by atoms with Crippen molar-refractivity contribution in [1.82, 2.24) is 0 Å². The van der Waals surface area contributed by atoms with E-state index in [0.717, 1.165) is 24.1 Å². The lowest BCUT2D eigenvalue weighted by molar-refractivity contribution is 0.0489. The molecule has 0 fully saturated rings. The van der Waals surface area contributed by atoms with Gasteiger partial charge >= 0.3 is 5.97 Å². The normalized spacial score (nSPS) is 10.4. The summed E-state index contributed by atoms with van der Waals surface area (Å²) in [6.45, 7) is 0.0847. The van der Waals surface area contributed by atoms with Gasteiger partial charge < -0.3 is 10.5 Å². The number of nitrogen functional groups attached to an aromatic ring is 1. The topological polar surface area (TPSA) is 52.3 Å². The molecule has 0 aliphatic rings. The van der Waals surface area contributed by atoms with Gasteiger partial charge in [-0.15, -0.1) is 0 Å². The van der Waals surface area contributed by atoms with E-state index in [9.17, 15) is 13.6 Å². The van der Waals surface area contributed by atoms with Crippen LogP contribution in [0.5, 0.6) is 0 Å². The zero-order chi connectivity index (χ0) is 15.2. The van der Waals surface area contributed by atoms with Crippen molar-refractivity contribution in [1.29, 1.82) is 0 Å². The summed E-state index contributed by atoms with van der Waals surface area (Å²) in [5.74, 6) is -3.09. The van der Waals surface area contributed by atoms with Crippen LogP contribution in [-0.4, -0.2) is 12.6 Å². The fraction of sp³-hybridized carbons (Fsp3) is 0.188. The van der Waals surface area contributed by atoms with E-state index in [2.05, 4.69) is 0 Å². The van der Waals surface area contributed by atoms with E-state index >= 15 is 0 Å². The molecule has 0 atom stereocenters. The lowest BCUT2D eigenvalue weighted by atomic mass is 10.1. The van der Waals surface area contributed by atoms with Crippen LogP contribution in [0, 0.1) is 11.6 Å². The van der Waals surface area contributed by atoms with E-state index in [0.29, 0.717) is 6.42 Å². The number of anilines is 1. The summed E-state index contributed by atoms with van der Waals surface area (Å²) >= 11 is 0. The SMILES string of the molecule is Nc1ccc(F)c(C(=O)OCCCc2ccccc2)c1F. The summed E-state index contributed by atoms with van der Waals surface area (Å²) in [7, 11) is 0. The monoisotopic (exact) mass is 291 g/mol. The minimum atomic E-state index is -1.08. The van der Waals surface area contributed by atoms with Gasteiger partial charge in [-0.05, 0) is 30.5 Å². The molecule has 2 rings (SSSR count). The van der Waals surface area contributed by atoms with Gasteiger partial charge in [0.2, 0.25) is 0 Å². The first-order chi connectivity index (χ1) is 10.1. The molecule has 3 nitrogen and oxygen atoms in total. The fourth-order valence-corrected chi connectivity index (χ4v) is 1.91. The van der Waals surface area contributed by atoms with Crippen LogP contribution >= 0.6 is 0 Å². The van der Waals surface area contributed by atoms with Gasteiger partial charge in [-0.2, -0.15) is 0 Å². The van der Waals surface area contributed by atoms with Crippen LogP contribution in [0.3, 0.4) is 0 Å². The van der Waals surface area contributed by atoms with Gasteiger partial charge in [0.15, 0.2) is 5.82 Å². The van der Waals surface area contributed by atoms with E-state index in [4.69, 9.17) is 10.5 Å². The molecule has 0 aromatic heterocycles. The molecule has 0 bridgehead atoms. The Morgan fingerprint density at radius 1 is 1.10 bits per heavy atom. The van der Waals surface area contributed by atoms with Crippen molar-refractivity contribution < 1.29 is 18.3 Å². The van der Waals surface area contributed by atoms with Gasteiger partial charge in [-0.3, -0.25) is 0 Å². The molecule has 0 aliphatic carbocycles. The van der Waals surface area contributed by atoms with Crippen molar-refractivity contribution >= 4 is 11.7 Å². The average Bonchev–Trinajstić information content (AvgIpc) is 2.49. The van der Waals surface area contributed by atoms with Gasteiger partial charge in [0.25, 0.3) is 0 Å². The highest BCUT2D eigenvalue weighted by Crippen LogP contribution is 2.19. The maximum atomic E-state index is 13.6. The first-order valence-corrected chi connectivity index (χ1v) is 6.54. The van der Waals surface area contributed by atoms with Gasteiger partial charge in [0.1, 0.15) is 11.4 Å². The third kappa shape index (κ3) is 3.78. The molecule has 0 radical (unpaired) electrons. The molecular weight excluding hydrogens is 276 g/mol. The van der Waals surface area contributed by atoms with Crippen molar-refractivity contribution in [3.05, 3.63) is 65.2 Å². The van der Waals surface area contributed by atoms with E-state index < -0.39 is 23.2 Å². The van der Waals surface area contributed by atoms with Crippen LogP contribution < -0.4 is 5.73 Å². The number of carbonyl (C=O) groups is 1. The third-order valence-corrected chi connectivity index (χ3v) is 3.01. The minimum absolute atomic E-state index is 0.0847. The van der Waals surface area contributed by atoms with Crippen LogP contribution in [0.4, 0.5) is 14.5 Å². The van der Waals surface area contributed by atoms with Crippen molar-refractivity contribution in [2.24, 2.45) is 0 Å². The Hall–Kier alpha value is -2.43. The number of esters is 1. The average molecular weight is 291 g/mol. The molecule has 0 saturated carbocycles. The molecule has 0 heterocycles. The Bertz CT molecular complexity index is 630. The van der Waals surface area contributed by atoms with E-state index in [1.165, 1.54) is 0 Å². The second-order valence-corrected chi connectivity index (χ2v) is 4.55. The number of carbonyl (C=O) groups excluding carboxylic acids is 1. The molecule has 2 N–H and O–H groups in total. The predicted octanol–water partition coefficient (Wildman–Crippen LogP) is 3.34. The second-order valence-electron chi connectivity index (χ2n) is 4.55. The number of hydrogen-bond acceptors (Lipinski definition) is 3. The Kier molecular flexibility index (Phi) is 4.87. The molecule has 21 heavy (non-hydrogen) atoms. The van der Waals surface area contributed by atoms with Gasteiger partial charge in [0.05, 0.1) is 12.3 Å². The molecule has 0 saturated heterocycles. The van der Waals surface area contributed by atoms with E-state index in [1.54, 1.807) is 0 Å². The van der Waals surface area contributed by atoms with E-state index in [-0.39, 0.29) is 12.3 Å². The summed E-state index contributed by atoms with van der Waals surface area (Å²) in [4.78, 5) is 11.7. The zero-order valence-corrected chi connectivity index (χ0v) is 11.3. The Morgan fingerprint density at radius 3 is 2.52 bits per heavy atom. The number of benzene rings is 2. The van der Waals surface area contributed by atoms with Crippen molar-refractivity contribution in [3.8, 4) is 0 Å². The highest BCUT2D eigenvalue weighted by Gasteiger charge is 2.20. The van der Waals surface area contributed by atoms with Crippen LogP contribution in [0.2, 0.25) is 0 Å². The lowest BCUT2D eigenvalue weighted by Crippen LogP contribution is -2.13. The molecule has 110 valence electrons. The molecule has 2 aromatic rings. The fourth-order valence-electron chi connectivity index (χ4n) is 1.91. The van der Waals surface area contributed by atoms with Crippen LogP contribution in [-0.2, 0) is 11.2 Å². The van der Waals surface area contributed by atoms with Crippen LogP contribution in [0.1, 0.15) is 22.3 Å². The summed E-state index contributed by atoms with van der Waals surface area (Å²) in [6, 6.07) is 11.7. The quantitative estimate of drug-likeness (QED) is 0.522. The first kappa shape index (κ1) is 15.0. The van der Waals surface area contributed by atoms with E-state index in [1.807, 2.05) is 30.3 Å². The number of halogens is 2. The smallest absolute Gasteiger partial charge is 0.344 e. The molecule has 0 amide bonds. The van der Waals surface area contributed by atoms with Gasteiger partial charge in [-0.1, -0.05) is 30.3 Å². The molecular formula is C16H15F2NO2.